The summed E-state index contributed by atoms with van der Waals surface area (Å²) in [5.41, 5.74) is 3.91. The number of hydrazone groups is 1. The van der Waals surface area contributed by atoms with Crippen molar-refractivity contribution in [2.75, 3.05) is 13.2 Å². The summed E-state index contributed by atoms with van der Waals surface area (Å²) in [6, 6.07) is 12.7. The molecule has 25 heavy (non-hydrogen) atoms. The third kappa shape index (κ3) is 5.74. The molecule has 2 rings (SSSR count). The van der Waals surface area contributed by atoms with Crippen molar-refractivity contribution >= 4 is 34.7 Å². The van der Waals surface area contributed by atoms with Gasteiger partial charge in [-0.25, -0.2) is 5.43 Å². The minimum Gasteiger partial charge on any atom is -0.490 e. The molecule has 6 heteroatoms. The maximum atomic E-state index is 12.0. The number of nitrogens with one attached hydrogen (secondary N) is 1. The molecule has 1 amide bonds. The number of carbonyl (C=O) groups excluding carboxylic acids is 1. The molecule has 0 saturated carbocycles. The zero-order valence-corrected chi connectivity index (χ0v) is 16.4. The van der Waals surface area contributed by atoms with E-state index in [1.807, 2.05) is 37.3 Å². The standard InChI is InChI=1S/C19H21IN2O3/c1-3-10-25-18-16(20)11-14(12-17(18)24-4-2)13-21-22-19(23)15-8-6-5-7-9-15/h5-9,11-13H,3-4,10H2,1-2H3,(H,22,23)/b21-13+. The summed E-state index contributed by atoms with van der Waals surface area (Å²) >= 11 is 2.21. The molecule has 0 unspecified atom stereocenters. The van der Waals surface area contributed by atoms with Gasteiger partial charge in [-0.2, -0.15) is 5.10 Å². The number of hydrogen-bond acceptors (Lipinski definition) is 4. The Bertz CT molecular complexity index is 733. The summed E-state index contributed by atoms with van der Waals surface area (Å²) in [6.45, 7) is 5.17. The van der Waals surface area contributed by atoms with Gasteiger partial charge >= 0.3 is 0 Å². The average molecular weight is 452 g/mol. The van der Waals surface area contributed by atoms with Crippen LogP contribution in [0.1, 0.15) is 36.2 Å². The highest BCUT2D eigenvalue weighted by Crippen LogP contribution is 2.34. The van der Waals surface area contributed by atoms with Crippen molar-refractivity contribution in [2.45, 2.75) is 20.3 Å². The first-order valence-electron chi connectivity index (χ1n) is 8.13. The molecule has 0 fully saturated rings. The van der Waals surface area contributed by atoms with Crippen LogP contribution in [0.2, 0.25) is 0 Å². The molecule has 132 valence electrons. The molecule has 0 bridgehead atoms. The van der Waals surface area contributed by atoms with Gasteiger partial charge in [0.1, 0.15) is 0 Å². The van der Waals surface area contributed by atoms with Crippen LogP contribution in [-0.2, 0) is 0 Å². The molecule has 0 spiro atoms. The molecular weight excluding hydrogens is 431 g/mol. The van der Waals surface area contributed by atoms with Crippen LogP contribution in [0, 0.1) is 3.57 Å². The Morgan fingerprint density at radius 3 is 2.64 bits per heavy atom. The van der Waals surface area contributed by atoms with Crippen molar-refractivity contribution in [3.63, 3.8) is 0 Å². The third-order valence-electron chi connectivity index (χ3n) is 3.20. The fourth-order valence-corrected chi connectivity index (χ4v) is 2.87. The van der Waals surface area contributed by atoms with Crippen LogP contribution in [0.5, 0.6) is 11.5 Å². The molecule has 5 nitrogen and oxygen atoms in total. The van der Waals surface area contributed by atoms with E-state index >= 15 is 0 Å². The van der Waals surface area contributed by atoms with Gasteiger partial charge in [0.15, 0.2) is 11.5 Å². The van der Waals surface area contributed by atoms with E-state index in [9.17, 15) is 4.79 Å². The first-order valence-corrected chi connectivity index (χ1v) is 9.21. The molecule has 2 aromatic rings. The zero-order valence-electron chi connectivity index (χ0n) is 14.3. The van der Waals surface area contributed by atoms with Gasteiger partial charge in [-0.05, 0) is 65.8 Å². The van der Waals surface area contributed by atoms with Crippen LogP contribution < -0.4 is 14.9 Å². The van der Waals surface area contributed by atoms with Crippen molar-refractivity contribution < 1.29 is 14.3 Å². The maximum Gasteiger partial charge on any atom is 0.271 e. The lowest BCUT2D eigenvalue weighted by molar-refractivity contribution is 0.0955. The van der Waals surface area contributed by atoms with Crippen molar-refractivity contribution in [1.82, 2.24) is 5.43 Å². The van der Waals surface area contributed by atoms with E-state index in [-0.39, 0.29) is 5.91 Å². The number of carbonyl (C=O) groups is 1. The predicted molar refractivity (Wildman–Crippen MR) is 108 cm³/mol. The van der Waals surface area contributed by atoms with E-state index in [2.05, 4.69) is 40.0 Å². The van der Waals surface area contributed by atoms with Crippen LogP contribution in [-0.4, -0.2) is 25.3 Å². The van der Waals surface area contributed by atoms with Gasteiger partial charge in [-0.1, -0.05) is 25.1 Å². The smallest absolute Gasteiger partial charge is 0.271 e. The van der Waals surface area contributed by atoms with Gasteiger partial charge in [-0.3, -0.25) is 4.79 Å². The van der Waals surface area contributed by atoms with E-state index < -0.39 is 0 Å². The average Bonchev–Trinajstić information content (AvgIpc) is 2.62. The lowest BCUT2D eigenvalue weighted by Crippen LogP contribution is -2.17. The molecule has 0 atom stereocenters. The zero-order chi connectivity index (χ0) is 18.1. The Balaban J connectivity index is 2.12. The van der Waals surface area contributed by atoms with Crippen molar-refractivity contribution in [2.24, 2.45) is 5.10 Å². The highest BCUT2D eigenvalue weighted by atomic mass is 127. The Hall–Kier alpha value is -2.09. The molecule has 0 aliphatic carbocycles. The van der Waals surface area contributed by atoms with Crippen LogP contribution in [0.3, 0.4) is 0 Å². The van der Waals surface area contributed by atoms with Gasteiger partial charge in [0.05, 0.1) is 23.0 Å². The topological polar surface area (TPSA) is 59.9 Å². The van der Waals surface area contributed by atoms with Crippen molar-refractivity contribution in [3.8, 4) is 11.5 Å². The molecule has 0 radical (unpaired) electrons. The summed E-state index contributed by atoms with van der Waals surface area (Å²) in [5.74, 6) is 1.17. The molecule has 0 saturated heterocycles. The number of nitrogens with zero attached hydrogens (tertiary/aromatic N) is 1. The number of halogens is 1. The Morgan fingerprint density at radius 2 is 1.96 bits per heavy atom. The molecule has 0 aliphatic heterocycles. The largest absolute Gasteiger partial charge is 0.490 e. The third-order valence-corrected chi connectivity index (χ3v) is 4.00. The normalized spacial score (nSPS) is 10.7. The molecule has 0 heterocycles. The highest BCUT2D eigenvalue weighted by Gasteiger charge is 2.11. The van der Waals surface area contributed by atoms with Crippen LogP contribution in [0.4, 0.5) is 0 Å². The van der Waals surface area contributed by atoms with Gasteiger partial charge in [0.2, 0.25) is 0 Å². The second kappa shape index (κ2) is 10.0. The lowest BCUT2D eigenvalue weighted by atomic mass is 10.2. The Morgan fingerprint density at radius 1 is 1.20 bits per heavy atom. The number of amides is 1. The highest BCUT2D eigenvalue weighted by molar-refractivity contribution is 14.1. The summed E-state index contributed by atoms with van der Waals surface area (Å²) in [5, 5.41) is 4.03. The lowest BCUT2D eigenvalue weighted by Gasteiger charge is -2.14. The SMILES string of the molecule is CCCOc1c(I)cc(/C=N/NC(=O)c2ccccc2)cc1OCC. The fourth-order valence-electron chi connectivity index (χ4n) is 2.09. The van der Waals surface area contributed by atoms with Crippen molar-refractivity contribution in [3.05, 3.63) is 57.2 Å². The van der Waals surface area contributed by atoms with E-state index in [1.54, 1.807) is 18.3 Å². The van der Waals surface area contributed by atoms with Gasteiger partial charge in [0.25, 0.3) is 5.91 Å². The molecule has 1 N–H and O–H groups in total. The first-order chi connectivity index (χ1) is 12.2. The summed E-state index contributed by atoms with van der Waals surface area (Å²) in [7, 11) is 0. The molecular formula is C19H21IN2O3. The Labute approximate surface area is 161 Å². The van der Waals surface area contributed by atoms with E-state index in [0.29, 0.717) is 24.5 Å². The maximum absolute atomic E-state index is 12.0. The molecule has 2 aromatic carbocycles. The van der Waals surface area contributed by atoms with Crippen LogP contribution in [0.15, 0.2) is 47.6 Å². The quantitative estimate of drug-likeness (QED) is 0.370. The van der Waals surface area contributed by atoms with E-state index in [4.69, 9.17) is 9.47 Å². The summed E-state index contributed by atoms with van der Waals surface area (Å²) in [4.78, 5) is 12.0. The fraction of sp³-hybridized carbons (Fsp3) is 0.263. The van der Waals surface area contributed by atoms with Crippen LogP contribution in [0.25, 0.3) is 0 Å². The number of rotatable bonds is 8. The number of ether oxygens (including phenoxy) is 2. The molecule has 0 aromatic heterocycles. The second-order valence-electron chi connectivity index (χ2n) is 5.18. The molecule has 0 aliphatic rings. The number of hydrogen-bond donors (Lipinski definition) is 1. The van der Waals surface area contributed by atoms with Gasteiger partial charge in [-0.15, -0.1) is 0 Å². The van der Waals surface area contributed by atoms with E-state index in [0.717, 1.165) is 21.3 Å². The van der Waals surface area contributed by atoms with Gasteiger partial charge < -0.3 is 9.47 Å². The first kappa shape index (κ1) is 19.2. The van der Waals surface area contributed by atoms with Gasteiger partial charge in [0, 0.05) is 5.56 Å². The van der Waals surface area contributed by atoms with Crippen molar-refractivity contribution in [1.29, 1.82) is 0 Å². The monoisotopic (exact) mass is 452 g/mol. The Kier molecular flexibility index (Phi) is 7.72. The van der Waals surface area contributed by atoms with Crippen LogP contribution >= 0.6 is 22.6 Å². The minimum absolute atomic E-state index is 0.250. The number of benzene rings is 2. The minimum atomic E-state index is -0.250. The summed E-state index contributed by atoms with van der Waals surface area (Å²) < 4.78 is 12.4. The van der Waals surface area contributed by atoms with E-state index in [1.165, 1.54) is 0 Å². The second-order valence-corrected chi connectivity index (χ2v) is 6.34. The predicted octanol–water partition coefficient (Wildman–Crippen LogP) is 4.24. The summed E-state index contributed by atoms with van der Waals surface area (Å²) in [6.07, 6.45) is 2.52.